The first-order valence-corrected chi connectivity index (χ1v) is 8.10. The van der Waals surface area contributed by atoms with Gasteiger partial charge in [0.05, 0.1) is 18.2 Å². The lowest BCUT2D eigenvalue weighted by Gasteiger charge is -2.32. The van der Waals surface area contributed by atoms with E-state index < -0.39 is 23.7 Å². The van der Waals surface area contributed by atoms with Crippen LogP contribution >= 0.6 is 0 Å². The molecule has 1 saturated carbocycles. The minimum Gasteiger partial charge on any atom is -0.463 e. The van der Waals surface area contributed by atoms with Crippen LogP contribution in [0.3, 0.4) is 0 Å². The lowest BCUT2D eigenvalue weighted by molar-refractivity contribution is -0.139. The standard InChI is InChI=1S/C17H29NO4/c1-6-21-15(19)12(2)14(13-10-8-7-9-11-13)18-16(20)22-17(3,4)5/h13-14H,2,6-11H2,1,3-5H3,(H,18,20)/t14-/m0/s1. The summed E-state index contributed by atoms with van der Waals surface area (Å²) in [5.41, 5.74) is -0.272. The summed E-state index contributed by atoms with van der Waals surface area (Å²) in [6, 6.07) is -0.422. The lowest BCUT2D eigenvalue weighted by Crippen LogP contribution is -2.46. The van der Waals surface area contributed by atoms with Gasteiger partial charge in [-0.15, -0.1) is 0 Å². The number of esters is 1. The highest BCUT2D eigenvalue weighted by molar-refractivity contribution is 5.90. The van der Waals surface area contributed by atoms with Crippen molar-refractivity contribution in [1.29, 1.82) is 0 Å². The minimum atomic E-state index is -0.577. The summed E-state index contributed by atoms with van der Waals surface area (Å²) in [6.07, 6.45) is 4.83. The molecule has 0 aromatic carbocycles. The van der Waals surface area contributed by atoms with Crippen molar-refractivity contribution < 1.29 is 19.1 Å². The Labute approximate surface area is 133 Å². The molecule has 0 unspecified atom stereocenters. The monoisotopic (exact) mass is 311 g/mol. The second kappa shape index (κ2) is 8.20. The molecular formula is C17H29NO4. The summed E-state index contributed by atoms with van der Waals surface area (Å²) in [7, 11) is 0. The molecule has 1 N–H and O–H groups in total. The Morgan fingerprint density at radius 2 is 1.82 bits per heavy atom. The van der Waals surface area contributed by atoms with Crippen molar-refractivity contribution in [3.8, 4) is 0 Å². The highest BCUT2D eigenvalue weighted by Crippen LogP contribution is 2.29. The number of carbonyl (C=O) groups excluding carboxylic acids is 2. The summed E-state index contributed by atoms with van der Waals surface area (Å²) in [4.78, 5) is 24.1. The van der Waals surface area contributed by atoms with E-state index in [-0.39, 0.29) is 5.92 Å². The van der Waals surface area contributed by atoms with Gasteiger partial charge in [-0.05, 0) is 46.5 Å². The van der Waals surface area contributed by atoms with E-state index in [1.165, 1.54) is 6.42 Å². The van der Waals surface area contributed by atoms with Gasteiger partial charge >= 0.3 is 12.1 Å². The first-order valence-electron chi connectivity index (χ1n) is 8.10. The lowest BCUT2D eigenvalue weighted by atomic mass is 9.81. The van der Waals surface area contributed by atoms with E-state index in [0.29, 0.717) is 12.2 Å². The van der Waals surface area contributed by atoms with Crippen molar-refractivity contribution in [2.45, 2.75) is 71.4 Å². The van der Waals surface area contributed by atoms with Crippen LogP contribution in [0.5, 0.6) is 0 Å². The topological polar surface area (TPSA) is 64.6 Å². The van der Waals surface area contributed by atoms with Gasteiger partial charge in [-0.1, -0.05) is 25.8 Å². The second-order valence-electron chi connectivity index (χ2n) is 6.77. The van der Waals surface area contributed by atoms with Gasteiger partial charge < -0.3 is 14.8 Å². The number of rotatable bonds is 5. The van der Waals surface area contributed by atoms with Gasteiger partial charge in [0.2, 0.25) is 0 Å². The second-order valence-corrected chi connectivity index (χ2v) is 6.77. The molecule has 0 aromatic rings. The van der Waals surface area contributed by atoms with Crippen LogP contribution in [0.15, 0.2) is 12.2 Å². The van der Waals surface area contributed by atoms with Crippen LogP contribution in [0.1, 0.15) is 59.8 Å². The molecular weight excluding hydrogens is 282 g/mol. The number of alkyl carbamates (subject to hydrolysis) is 1. The molecule has 1 aliphatic rings. The van der Waals surface area contributed by atoms with Crippen molar-refractivity contribution in [2.75, 3.05) is 6.61 Å². The highest BCUT2D eigenvalue weighted by Gasteiger charge is 2.32. The average molecular weight is 311 g/mol. The number of hydrogen-bond donors (Lipinski definition) is 1. The zero-order valence-corrected chi connectivity index (χ0v) is 14.2. The van der Waals surface area contributed by atoms with Crippen LogP contribution in [0.2, 0.25) is 0 Å². The third-order valence-electron chi connectivity index (χ3n) is 3.71. The summed E-state index contributed by atoms with van der Waals surface area (Å²) >= 11 is 0. The molecule has 5 nitrogen and oxygen atoms in total. The molecule has 0 aliphatic heterocycles. The molecule has 0 saturated heterocycles. The van der Waals surface area contributed by atoms with Gasteiger partial charge in [-0.3, -0.25) is 0 Å². The third kappa shape index (κ3) is 6.08. The van der Waals surface area contributed by atoms with Gasteiger partial charge in [0.1, 0.15) is 5.60 Å². The number of nitrogens with one attached hydrogen (secondary N) is 1. The molecule has 22 heavy (non-hydrogen) atoms. The molecule has 1 aliphatic carbocycles. The number of ether oxygens (including phenoxy) is 2. The molecule has 0 spiro atoms. The highest BCUT2D eigenvalue weighted by atomic mass is 16.6. The molecule has 0 bridgehead atoms. The summed E-state index contributed by atoms with van der Waals surface area (Å²) < 4.78 is 10.3. The smallest absolute Gasteiger partial charge is 0.408 e. The maximum absolute atomic E-state index is 12.1. The maximum atomic E-state index is 12.1. The fraction of sp³-hybridized carbons (Fsp3) is 0.765. The zero-order valence-electron chi connectivity index (χ0n) is 14.2. The maximum Gasteiger partial charge on any atom is 0.408 e. The van der Waals surface area contributed by atoms with E-state index in [0.717, 1.165) is 25.7 Å². The van der Waals surface area contributed by atoms with Crippen molar-refractivity contribution in [2.24, 2.45) is 5.92 Å². The van der Waals surface area contributed by atoms with E-state index in [1.807, 2.05) is 20.8 Å². The normalized spacial score (nSPS) is 17.5. The van der Waals surface area contributed by atoms with Crippen molar-refractivity contribution in [3.05, 3.63) is 12.2 Å². The summed E-state index contributed by atoms with van der Waals surface area (Å²) in [5, 5.41) is 2.82. The Morgan fingerprint density at radius 1 is 1.23 bits per heavy atom. The fourth-order valence-corrected chi connectivity index (χ4v) is 2.74. The first kappa shape index (κ1) is 18.5. The van der Waals surface area contributed by atoms with Gasteiger partial charge in [0.25, 0.3) is 0 Å². The van der Waals surface area contributed by atoms with Gasteiger partial charge in [0.15, 0.2) is 0 Å². The van der Waals surface area contributed by atoms with Crippen LogP contribution in [0.4, 0.5) is 4.79 Å². The van der Waals surface area contributed by atoms with Gasteiger partial charge in [-0.2, -0.15) is 0 Å². The molecule has 5 heteroatoms. The molecule has 1 amide bonds. The van der Waals surface area contributed by atoms with Gasteiger partial charge in [0, 0.05) is 0 Å². The molecule has 0 heterocycles. The average Bonchev–Trinajstić information content (AvgIpc) is 2.43. The largest absolute Gasteiger partial charge is 0.463 e. The first-order chi connectivity index (χ1) is 10.2. The van der Waals surface area contributed by atoms with Crippen LogP contribution in [0, 0.1) is 5.92 Å². The number of carbonyl (C=O) groups is 2. The van der Waals surface area contributed by atoms with Crippen molar-refractivity contribution in [1.82, 2.24) is 5.32 Å². The molecule has 1 rings (SSSR count). The van der Waals surface area contributed by atoms with Crippen LogP contribution in [-0.4, -0.2) is 30.3 Å². The SMILES string of the molecule is C=C(C(=O)OCC)[C@H](NC(=O)OC(C)(C)C)C1CCCCC1. The molecule has 1 atom stereocenters. The summed E-state index contributed by atoms with van der Waals surface area (Å²) in [6.45, 7) is 11.3. The van der Waals surface area contributed by atoms with E-state index in [9.17, 15) is 9.59 Å². The molecule has 0 radical (unpaired) electrons. The Kier molecular flexibility index (Phi) is 6.91. The Hall–Kier alpha value is -1.52. The molecule has 1 fully saturated rings. The van der Waals surface area contributed by atoms with Crippen molar-refractivity contribution in [3.63, 3.8) is 0 Å². The van der Waals surface area contributed by atoms with E-state index in [4.69, 9.17) is 9.47 Å². The predicted octanol–water partition coefficient (Wildman–Crippen LogP) is 3.58. The molecule has 0 aromatic heterocycles. The van der Waals surface area contributed by atoms with E-state index >= 15 is 0 Å². The third-order valence-corrected chi connectivity index (χ3v) is 3.71. The quantitative estimate of drug-likeness (QED) is 0.622. The van der Waals surface area contributed by atoms with Gasteiger partial charge in [-0.25, -0.2) is 9.59 Å². The van der Waals surface area contributed by atoms with E-state index in [1.54, 1.807) is 6.92 Å². The Balaban J connectivity index is 2.79. The van der Waals surface area contributed by atoms with E-state index in [2.05, 4.69) is 11.9 Å². The number of amides is 1. The fourth-order valence-electron chi connectivity index (χ4n) is 2.74. The van der Waals surface area contributed by atoms with Crippen LogP contribution in [0.25, 0.3) is 0 Å². The van der Waals surface area contributed by atoms with Crippen LogP contribution in [-0.2, 0) is 14.3 Å². The number of hydrogen-bond acceptors (Lipinski definition) is 4. The summed E-state index contributed by atoms with van der Waals surface area (Å²) in [5.74, 6) is -0.243. The zero-order chi connectivity index (χ0) is 16.8. The minimum absolute atomic E-state index is 0.207. The van der Waals surface area contributed by atoms with Crippen molar-refractivity contribution >= 4 is 12.1 Å². The predicted molar refractivity (Wildman–Crippen MR) is 85.5 cm³/mol. The Bertz CT molecular complexity index is 405. The molecule has 126 valence electrons. The Morgan fingerprint density at radius 3 is 2.32 bits per heavy atom. The van der Waals surface area contributed by atoms with Crippen LogP contribution < -0.4 is 5.32 Å².